The number of amides is 1. The van der Waals surface area contributed by atoms with Gasteiger partial charge in [0.2, 0.25) is 5.76 Å². The minimum atomic E-state index is -0.625. The van der Waals surface area contributed by atoms with Gasteiger partial charge in [-0.2, -0.15) is 5.10 Å². The molecule has 0 saturated heterocycles. The number of esters is 1. The van der Waals surface area contributed by atoms with Crippen LogP contribution in [-0.2, 0) is 0 Å². The van der Waals surface area contributed by atoms with Gasteiger partial charge in [-0.15, -0.1) is 0 Å². The zero-order chi connectivity index (χ0) is 18.4. The molecule has 0 saturated carbocycles. The third-order valence-corrected chi connectivity index (χ3v) is 3.61. The molecule has 2 heterocycles. The fourth-order valence-corrected chi connectivity index (χ4v) is 2.35. The van der Waals surface area contributed by atoms with Gasteiger partial charge in [-0.05, 0) is 46.3 Å². The van der Waals surface area contributed by atoms with E-state index in [0.29, 0.717) is 15.6 Å². The van der Waals surface area contributed by atoms with Crippen molar-refractivity contribution >= 4 is 34.0 Å². The number of pyridine rings is 1. The van der Waals surface area contributed by atoms with E-state index in [-0.39, 0.29) is 11.5 Å². The highest BCUT2D eigenvalue weighted by molar-refractivity contribution is 9.10. The maximum Gasteiger partial charge on any atom is 0.379 e. The zero-order valence-corrected chi connectivity index (χ0v) is 14.8. The molecule has 1 N–H and O–H groups in total. The maximum atomic E-state index is 12.0. The molecule has 0 radical (unpaired) electrons. The van der Waals surface area contributed by atoms with Crippen molar-refractivity contribution in [3.8, 4) is 5.75 Å². The van der Waals surface area contributed by atoms with Crippen LogP contribution in [0.5, 0.6) is 5.75 Å². The fourth-order valence-electron chi connectivity index (χ4n) is 1.99. The first-order valence-corrected chi connectivity index (χ1v) is 8.21. The summed E-state index contributed by atoms with van der Waals surface area (Å²) in [6.45, 7) is 0. The van der Waals surface area contributed by atoms with E-state index < -0.39 is 11.9 Å². The second kappa shape index (κ2) is 8.21. The van der Waals surface area contributed by atoms with Gasteiger partial charge in [0.15, 0.2) is 0 Å². The molecule has 2 aromatic heterocycles. The Balaban J connectivity index is 1.69. The van der Waals surface area contributed by atoms with Gasteiger partial charge in [-0.1, -0.05) is 12.1 Å². The quantitative estimate of drug-likeness (QED) is 0.299. The number of benzene rings is 1. The monoisotopic (exact) mass is 413 g/mol. The molecule has 0 aliphatic rings. The molecule has 8 heteroatoms. The van der Waals surface area contributed by atoms with Gasteiger partial charge >= 0.3 is 5.97 Å². The maximum absolute atomic E-state index is 12.0. The Morgan fingerprint density at radius 1 is 1.19 bits per heavy atom. The summed E-state index contributed by atoms with van der Waals surface area (Å²) >= 11 is 3.25. The van der Waals surface area contributed by atoms with Gasteiger partial charge in [0, 0.05) is 22.4 Å². The number of aromatic nitrogens is 1. The molecule has 0 aliphatic heterocycles. The van der Waals surface area contributed by atoms with Gasteiger partial charge in [-0.3, -0.25) is 9.78 Å². The third kappa shape index (κ3) is 4.42. The predicted octanol–water partition coefficient (Wildman–Crippen LogP) is 3.42. The lowest BCUT2D eigenvalue weighted by Crippen LogP contribution is -2.18. The number of rotatable bonds is 5. The van der Waals surface area contributed by atoms with Crippen LogP contribution in [0, 0.1) is 0 Å². The summed E-state index contributed by atoms with van der Waals surface area (Å²) in [5.74, 6) is -0.663. The van der Waals surface area contributed by atoms with Crippen molar-refractivity contribution < 1.29 is 18.7 Å². The van der Waals surface area contributed by atoms with Crippen LogP contribution in [0.25, 0.3) is 0 Å². The summed E-state index contributed by atoms with van der Waals surface area (Å²) in [6, 6.07) is 11.5. The molecule has 3 rings (SSSR count). The van der Waals surface area contributed by atoms with Crippen LogP contribution in [0.4, 0.5) is 0 Å². The molecule has 26 heavy (non-hydrogen) atoms. The fraction of sp³-hybridized carbons (Fsp3) is 0. The SMILES string of the molecule is O=C(N/N=C/c1ccccc1OC(=O)c1ccco1)c1cncc(Br)c1. The Morgan fingerprint density at radius 3 is 2.81 bits per heavy atom. The summed E-state index contributed by atoms with van der Waals surface area (Å²) < 4.78 is 11.0. The van der Waals surface area contributed by atoms with E-state index in [9.17, 15) is 9.59 Å². The van der Waals surface area contributed by atoms with Crippen LogP contribution in [-0.4, -0.2) is 23.1 Å². The first-order valence-electron chi connectivity index (χ1n) is 7.42. The average Bonchev–Trinajstić information content (AvgIpc) is 3.18. The number of hydrogen-bond acceptors (Lipinski definition) is 6. The van der Waals surface area contributed by atoms with E-state index in [1.54, 1.807) is 42.6 Å². The second-order valence-electron chi connectivity index (χ2n) is 5.00. The van der Waals surface area contributed by atoms with Crippen molar-refractivity contribution in [1.82, 2.24) is 10.4 Å². The highest BCUT2D eigenvalue weighted by Crippen LogP contribution is 2.18. The van der Waals surface area contributed by atoms with Crippen LogP contribution >= 0.6 is 15.9 Å². The molecular weight excluding hydrogens is 402 g/mol. The molecule has 1 amide bonds. The topological polar surface area (TPSA) is 93.8 Å². The Morgan fingerprint density at radius 2 is 2.04 bits per heavy atom. The summed E-state index contributed by atoms with van der Waals surface area (Å²) in [4.78, 5) is 27.9. The lowest BCUT2D eigenvalue weighted by Gasteiger charge is -2.05. The predicted molar refractivity (Wildman–Crippen MR) is 97.1 cm³/mol. The van der Waals surface area contributed by atoms with Crippen molar-refractivity contribution in [2.45, 2.75) is 0 Å². The number of para-hydroxylation sites is 1. The van der Waals surface area contributed by atoms with Crippen LogP contribution in [0.3, 0.4) is 0 Å². The van der Waals surface area contributed by atoms with E-state index in [2.05, 4.69) is 31.4 Å². The smallest absolute Gasteiger partial charge is 0.379 e. The number of nitrogens with zero attached hydrogens (tertiary/aromatic N) is 2. The molecule has 1 aromatic carbocycles. The van der Waals surface area contributed by atoms with E-state index in [1.165, 1.54) is 24.7 Å². The lowest BCUT2D eigenvalue weighted by atomic mass is 10.2. The summed E-state index contributed by atoms with van der Waals surface area (Å²) in [7, 11) is 0. The second-order valence-corrected chi connectivity index (χ2v) is 5.91. The van der Waals surface area contributed by atoms with Gasteiger partial charge in [0.05, 0.1) is 18.0 Å². The van der Waals surface area contributed by atoms with Crippen LogP contribution in [0.1, 0.15) is 26.5 Å². The minimum absolute atomic E-state index is 0.0900. The largest absolute Gasteiger partial charge is 0.457 e. The van der Waals surface area contributed by atoms with E-state index in [0.717, 1.165) is 0 Å². The number of ether oxygens (including phenoxy) is 1. The number of furan rings is 1. The average molecular weight is 414 g/mol. The minimum Gasteiger partial charge on any atom is -0.457 e. The van der Waals surface area contributed by atoms with Crippen molar-refractivity contribution in [3.05, 3.63) is 82.5 Å². The molecule has 0 atom stereocenters. The normalized spacial score (nSPS) is 10.7. The zero-order valence-electron chi connectivity index (χ0n) is 13.3. The van der Waals surface area contributed by atoms with Crippen molar-refractivity contribution in [2.24, 2.45) is 5.10 Å². The number of carbonyl (C=O) groups is 2. The van der Waals surface area contributed by atoms with Crippen LogP contribution < -0.4 is 10.2 Å². The first-order chi connectivity index (χ1) is 12.6. The van der Waals surface area contributed by atoms with Gasteiger partial charge in [0.1, 0.15) is 5.75 Å². The molecule has 7 nitrogen and oxygen atoms in total. The van der Waals surface area contributed by atoms with Crippen molar-refractivity contribution in [1.29, 1.82) is 0 Å². The van der Waals surface area contributed by atoms with Gasteiger partial charge in [-0.25, -0.2) is 10.2 Å². The van der Waals surface area contributed by atoms with E-state index in [4.69, 9.17) is 9.15 Å². The number of carbonyl (C=O) groups excluding carboxylic acids is 2. The Hall–Kier alpha value is -3.26. The summed E-state index contributed by atoms with van der Waals surface area (Å²) in [5, 5.41) is 3.90. The Labute approximate surface area is 156 Å². The molecular formula is C18H12BrN3O4. The Bertz CT molecular complexity index is 955. The molecule has 0 spiro atoms. The molecule has 3 aromatic rings. The van der Waals surface area contributed by atoms with Crippen molar-refractivity contribution in [2.75, 3.05) is 0 Å². The van der Waals surface area contributed by atoms with E-state index >= 15 is 0 Å². The van der Waals surface area contributed by atoms with Crippen molar-refractivity contribution in [3.63, 3.8) is 0 Å². The molecule has 0 unspecified atom stereocenters. The number of hydrogen-bond donors (Lipinski definition) is 1. The standard InChI is InChI=1S/C18H12BrN3O4/c19-14-8-13(9-20-11-14)17(23)22-21-10-12-4-1-2-5-15(12)26-18(24)16-6-3-7-25-16/h1-11H,(H,22,23)/b21-10+. The lowest BCUT2D eigenvalue weighted by molar-refractivity contribution is 0.0701. The molecule has 0 aliphatic carbocycles. The number of hydrazone groups is 1. The molecule has 0 fully saturated rings. The number of halogens is 1. The highest BCUT2D eigenvalue weighted by Gasteiger charge is 2.13. The third-order valence-electron chi connectivity index (χ3n) is 3.18. The summed E-state index contributed by atoms with van der Waals surface area (Å²) in [6.07, 6.45) is 5.77. The van der Waals surface area contributed by atoms with Gasteiger partial charge in [0.25, 0.3) is 5.91 Å². The van der Waals surface area contributed by atoms with E-state index in [1.807, 2.05) is 0 Å². The van der Waals surface area contributed by atoms with Crippen LogP contribution in [0.15, 0.2) is 75.1 Å². The Kier molecular flexibility index (Phi) is 5.55. The van der Waals surface area contributed by atoms with Gasteiger partial charge < -0.3 is 9.15 Å². The summed E-state index contributed by atoms with van der Waals surface area (Å²) in [5.41, 5.74) is 3.26. The highest BCUT2D eigenvalue weighted by atomic mass is 79.9. The number of nitrogens with one attached hydrogen (secondary N) is 1. The molecule has 0 bridgehead atoms. The first kappa shape index (κ1) is 17.6. The van der Waals surface area contributed by atoms with Crippen LogP contribution in [0.2, 0.25) is 0 Å². The molecule has 130 valence electrons.